The summed E-state index contributed by atoms with van der Waals surface area (Å²) in [5.74, 6) is 0.301. The molecule has 0 aromatic heterocycles. The zero-order chi connectivity index (χ0) is 12.8. The first-order valence-electron chi connectivity index (χ1n) is 7.44. The molecule has 0 aromatic carbocycles. The molecule has 1 saturated heterocycles. The van der Waals surface area contributed by atoms with Crippen LogP contribution in [0.4, 0.5) is 0 Å². The predicted molar refractivity (Wildman–Crippen MR) is 71.5 cm³/mol. The first-order valence-corrected chi connectivity index (χ1v) is 7.44. The standard InChI is InChI=1S/C14H26N2O2/c1-2-3-10-18-11-4-8-16-9-7-13(14(16)17)15-12-5-6-12/h12-13,15H,2-11H2,1H3. The maximum atomic E-state index is 12.1. The fourth-order valence-electron chi connectivity index (χ4n) is 2.36. The first kappa shape index (κ1) is 13.8. The summed E-state index contributed by atoms with van der Waals surface area (Å²) in [6.07, 6.45) is 6.75. The third kappa shape index (κ3) is 4.25. The van der Waals surface area contributed by atoms with E-state index in [4.69, 9.17) is 4.74 Å². The van der Waals surface area contributed by atoms with E-state index in [2.05, 4.69) is 12.2 Å². The Balaban J connectivity index is 1.54. The lowest BCUT2D eigenvalue weighted by molar-refractivity contribution is -0.129. The number of nitrogens with zero attached hydrogens (tertiary/aromatic N) is 1. The summed E-state index contributed by atoms with van der Waals surface area (Å²) in [5, 5.41) is 3.43. The number of hydrogen-bond donors (Lipinski definition) is 1. The number of amides is 1. The zero-order valence-electron chi connectivity index (χ0n) is 11.5. The fraction of sp³-hybridized carbons (Fsp3) is 0.929. The molecule has 4 heteroatoms. The van der Waals surface area contributed by atoms with Crippen molar-refractivity contribution in [3.63, 3.8) is 0 Å². The molecule has 1 aliphatic carbocycles. The molecular formula is C14H26N2O2. The van der Waals surface area contributed by atoms with Crippen LogP contribution >= 0.6 is 0 Å². The van der Waals surface area contributed by atoms with Gasteiger partial charge in [-0.25, -0.2) is 0 Å². The Bertz CT molecular complexity index is 267. The van der Waals surface area contributed by atoms with Gasteiger partial charge in [0.2, 0.25) is 5.91 Å². The Labute approximate surface area is 110 Å². The van der Waals surface area contributed by atoms with E-state index in [1.807, 2.05) is 4.90 Å². The van der Waals surface area contributed by atoms with E-state index in [9.17, 15) is 4.79 Å². The lowest BCUT2D eigenvalue weighted by Gasteiger charge is -2.17. The molecule has 104 valence electrons. The number of carbonyl (C=O) groups excluding carboxylic acids is 1. The Morgan fingerprint density at radius 1 is 1.28 bits per heavy atom. The molecule has 2 aliphatic rings. The molecule has 1 unspecified atom stereocenters. The van der Waals surface area contributed by atoms with Crippen molar-refractivity contribution < 1.29 is 9.53 Å². The van der Waals surface area contributed by atoms with Crippen LogP contribution in [-0.4, -0.2) is 49.2 Å². The quantitative estimate of drug-likeness (QED) is 0.635. The van der Waals surface area contributed by atoms with Gasteiger partial charge in [-0.2, -0.15) is 0 Å². The largest absolute Gasteiger partial charge is 0.381 e. The highest BCUT2D eigenvalue weighted by Crippen LogP contribution is 2.22. The number of likely N-dealkylation sites (tertiary alicyclic amines) is 1. The molecule has 18 heavy (non-hydrogen) atoms. The Morgan fingerprint density at radius 3 is 2.78 bits per heavy atom. The maximum absolute atomic E-state index is 12.1. The summed E-state index contributed by atoms with van der Waals surface area (Å²) in [6, 6.07) is 0.717. The van der Waals surface area contributed by atoms with Crippen molar-refractivity contribution in [1.82, 2.24) is 10.2 Å². The molecule has 4 nitrogen and oxygen atoms in total. The molecule has 2 fully saturated rings. The number of carbonyl (C=O) groups is 1. The van der Waals surface area contributed by atoms with Gasteiger partial charge in [-0.05, 0) is 32.1 Å². The summed E-state index contributed by atoms with van der Waals surface area (Å²) < 4.78 is 5.52. The Hall–Kier alpha value is -0.610. The van der Waals surface area contributed by atoms with Gasteiger partial charge in [0.15, 0.2) is 0 Å². The van der Waals surface area contributed by atoms with E-state index in [0.29, 0.717) is 11.9 Å². The van der Waals surface area contributed by atoms with Gasteiger partial charge in [-0.1, -0.05) is 13.3 Å². The Morgan fingerprint density at radius 2 is 2.06 bits per heavy atom. The molecule has 1 amide bonds. The number of nitrogens with one attached hydrogen (secondary N) is 1. The maximum Gasteiger partial charge on any atom is 0.239 e. The van der Waals surface area contributed by atoms with Crippen LogP contribution in [0.5, 0.6) is 0 Å². The molecule has 1 atom stereocenters. The van der Waals surface area contributed by atoms with Crippen LogP contribution in [0, 0.1) is 0 Å². The molecule has 2 rings (SSSR count). The number of unbranched alkanes of at least 4 members (excludes halogenated alkanes) is 1. The van der Waals surface area contributed by atoms with Crippen molar-refractivity contribution in [3.8, 4) is 0 Å². The predicted octanol–water partition coefficient (Wildman–Crippen LogP) is 1.55. The highest BCUT2D eigenvalue weighted by atomic mass is 16.5. The van der Waals surface area contributed by atoms with Gasteiger partial charge < -0.3 is 15.0 Å². The van der Waals surface area contributed by atoms with Gasteiger partial charge >= 0.3 is 0 Å². The van der Waals surface area contributed by atoms with Gasteiger partial charge in [-0.3, -0.25) is 4.79 Å². The number of rotatable bonds is 9. The van der Waals surface area contributed by atoms with Crippen LogP contribution in [0.1, 0.15) is 45.4 Å². The molecule has 1 aliphatic heterocycles. The minimum Gasteiger partial charge on any atom is -0.381 e. The number of ether oxygens (including phenoxy) is 1. The van der Waals surface area contributed by atoms with Crippen molar-refractivity contribution in [3.05, 3.63) is 0 Å². The summed E-state index contributed by atoms with van der Waals surface area (Å²) in [7, 11) is 0. The second-order valence-electron chi connectivity index (χ2n) is 5.43. The molecule has 1 saturated carbocycles. The van der Waals surface area contributed by atoms with E-state index in [1.165, 1.54) is 19.3 Å². The smallest absolute Gasteiger partial charge is 0.239 e. The second kappa shape index (κ2) is 7.10. The molecular weight excluding hydrogens is 228 g/mol. The molecule has 0 bridgehead atoms. The van der Waals surface area contributed by atoms with E-state index >= 15 is 0 Å². The van der Waals surface area contributed by atoms with Crippen molar-refractivity contribution in [2.75, 3.05) is 26.3 Å². The SMILES string of the molecule is CCCCOCCCN1CCC(NC2CC2)C1=O. The average molecular weight is 254 g/mol. The first-order chi connectivity index (χ1) is 8.81. The summed E-state index contributed by atoms with van der Waals surface area (Å²) in [4.78, 5) is 14.0. The monoisotopic (exact) mass is 254 g/mol. The van der Waals surface area contributed by atoms with Crippen molar-refractivity contribution in [2.45, 2.75) is 57.5 Å². The fourth-order valence-corrected chi connectivity index (χ4v) is 2.36. The van der Waals surface area contributed by atoms with Gasteiger partial charge in [-0.15, -0.1) is 0 Å². The minimum absolute atomic E-state index is 0.0958. The second-order valence-corrected chi connectivity index (χ2v) is 5.43. The number of hydrogen-bond acceptors (Lipinski definition) is 3. The minimum atomic E-state index is 0.0958. The molecule has 1 heterocycles. The van der Waals surface area contributed by atoms with E-state index in [-0.39, 0.29) is 6.04 Å². The van der Waals surface area contributed by atoms with E-state index in [1.54, 1.807) is 0 Å². The van der Waals surface area contributed by atoms with Gasteiger partial charge in [0, 0.05) is 32.3 Å². The summed E-state index contributed by atoms with van der Waals surface area (Å²) in [6.45, 7) is 5.58. The average Bonchev–Trinajstić information content (AvgIpc) is 3.12. The van der Waals surface area contributed by atoms with Gasteiger partial charge in [0.25, 0.3) is 0 Å². The van der Waals surface area contributed by atoms with E-state index in [0.717, 1.165) is 45.6 Å². The highest BCUT2D eigenvalue weighted by Gasteiger charge is 2.35. The van der Waals surface area contributed by atoms with Gasteiger partial charge in [0.05, 0.1) is 6.04 Å². The van der Waals surface area contributed by atoms with Crippen LogP contribution < -0.4 is 5.32 Å². The molecule has 0 aromatic rings. The van der Waals surface area contributed by atoms with Gasteiger partial charge in [0.1, 0.15) is 0 Å². The lowest BCUT2D eigenvalue weighted by Crippen LogP contribution is -2.39. The van der Waals surface area contributed by atoms with E-state index < -0.39 is 0 Å². The Kier molecular flexibility index (Phi) is 5.45. The normalized spacial score (nSPS) is 23.9. The summed E-state index contributed by atoms with van der Waals surface area (Å²) >= 11 is 0. The van der Waals surface area contributed by atoms with Crippen LogP contribution in [0.25, 0.3) is 0 Å². The van der Waals surface area contributed by atoms with Crippen molar-refractivity contribution >= 4 is 5.91 Å². The van der Waals surface area contributed by atoms with Crippen LogP contribution in [0.15, 0.2) is 0 Å². The third-order valence-electron chi connectivity index (χ3n) is 3.67. The van der Waals surface area contributed by atoms with Crippen LogP contribution in [-0.2, 0) is 9.53 Å². The topological polar surface area (TPSA) is 41.6 Å². The molecule has 0 radical (unpaired) electrons. The van der Waals surface area contributed by atoms with Crippen molar-refractivity contribution in [2.24, 2.45) is 0 Å². The lowest BCUT2D eigenvalue weighted by atomic mass is 10.2. The van der Waals surface area contributed by atoms with Crippen molar-refractivity contribution in [1.29, 1.82) is 0 Å². The highest BCUT2D eigenvalue weighted by molar-refractivity contribution is 5.84. The molecule has 1 N–H and O–H groups in total. The third-order valence-corrected chi connectivity index (χ3v) is 3.67. The zero-order valence-corrected chi connectivity index (χ0v) is 11.5. The summed E-state index contributed by atoms with van der Waals surface area (Å²) in [5.41, 5.74) is 0. The van der Waals surface area contributed by atoms with Crippen LogP contribution in [0.3, 0.4) is 0 Å². The molecule has 0 spiro atoms. The van der Waals surface area contributed by atoms with Crippen LogP contribution in [0.2, 0.25) is 0 Å².